The minimum absolute atomic E-state index is 0.837. The van der Waals surface area contributed by atoms with Crippen molar-refractivity contribution in [1.29, 1.82) is 0 Å². The van der Waals surface area contributed by atoms with Crippen LogP contribution in [0.3, 0.4) is 0 Å². The zero-order valence-electron chi connectivity index (χ0n) is 8.94. The van der Waals surface area contributed by atoms with E-state index in [0.717, 1.165) is 22.8 Å². The third-order valence-electron chi connectivity index (χ3n) is 2.64. The molecule has 0 saturated heterocycles. The number of aromatic amines is 2. The van der Waals surface area contributed by atoms with Gasteiger partial charge in [-0.1, -0.05) is 12.1 Å². The first-order valence-corrected chi connectivity index (χ1v) is 5.16. The van der Waals surface area contributed by atoms with Gasteiger partial charge in [-0.15, -0.1) is 0 Å². The van der Waals surface area contributed by atoms with E-state index in [9.17, 15) is 0 Å². The fourth-order valence-corrected chi connectivity index (χ4v) is 1.74. The Kier molecular flexibility index (Phi) is 1.93. The highest BCUT2D eigenvalue weighted by Crippen LogP contribution is 2.21. The van der Waals surface area contributed by atoms with E-state index in [1.54, 1.807) is 0 Å². The maximum absolute atomic E-state index is 4.52. The minimum Gasteiger partial charge on any atom is -0.348 e. The molecule has 0 saturated carbocycles. The van der Waals surface area contributed by atoms with Gasteiger partial charge in [0.15, 0.2) is 0 Å². The predicted octanol–water partition coefficient (Wildman–Crippen LogP) is 2.66. The predicted molar refractivity (Wildman–Crippen MR) is 64.9 cm³/mol. The second-order valence-corrected chi connectivity index (χ2v) is 3.69. The average Bonchev–Trinajstić information content (AvgIpc) is 2.97. The number of rotatable bonds is 2. The lowest BCUT2D eigenvalue weighted by atomic mass is 10.3. The van der Waals surface area contributed by atoms with E-state index < -0.39 is 0 Å². The standard InChI is InChI=1S/C12H12N4/c1-16(11-7-4-8-13-11)12-14-9-5-2-3-6-10(9)15-12/h2-8,13H,1H3,(H,14,15). The summed E-state index contributed by atoms with van der Waals surface area (Å²) >= 11 is 0. The summed E-state index contributed by atoms with van der Waals surface area (Å²) in [5.41, 5.74) is 2.03. The zero-order valence-corrected chi connectivity index (χ0v) is 8.94. The highest BCUT2D eigenvalue weighted by molar-refractivity contribution is 5.78. The number of hydrogen-bond donors (Lipinski definition) is 2. The van der Waals surface area contributed by atoms with Gasteiger partial charge in [-0.25, -0.2) is 4.98 Å². The summed E-state index contributed by atoms with van der Waals surface area (Å²) in [6.45, 7) is 0. The number of benzene rings is 1. The number of nitrogens with one attached hydrogen (secondary N) is 2. The Bertz CT molecular complexity index is 561. The van der Waals surface area contributed by atoms with Crippen LogP contribution in [0, 0.1) is 0 Å². The summed E-state index contributed by atoms with van der Waals surface area (Å²) < 4.78 is 0. The molecule has 4 nitrogen and oxygen atoms in total. The zero-order chi connectivity index (χ0) is 11.0. The SMILES string of the molecule is CN(c1ccc[nH]1)c1nc2ccccc2[nH]1. The normalized spacial score (nSPS) is 10.8. The molecule has 4 heteroatoms. The van der Waals surface area contributed by atoms with Crippen LogP contribution < -0.4 is 4.90 Å². The molecule has 0 unspecified atom stereocenters. The van der Waals surface area contributed by atoms with Crippen molar-refractivity contribution in [2.24, 2.45) is 0 Å². The van der Waals surface area contributed by atoms with E-state index in [0.29, 0.717) is 0 Å². The van der Waals surface area contributed by atoms with Crippen molar-refractivity contribution < 1.29 is 0 Å². The number of anilines is 2. The Labute approximate surface area is 92.9 Å². The van der Waals surface area contributed by atoms with E-state index in [1.807, 2.05) is 54.5 Å². The number of aromatic nitrogens is 3. The molecule has 2 N–H and O–H groups in total. The van der Waals surface area contributed by atoms with Crippen LogP contribution in [0.4, 0.5) is 11.8 Å². The molecule has 1 aromatic carbocycles. The van der Waals surface area contributed by atoms with Gasteiger partial charge in [-0.05, 0) is 24.3 Å². The van der Waals surface area contributed by atoms with Crippen molar-refractivity contribution in [2.45, 2.75) is 0 Å². The van der Waals surface area contributed by atoms with Crippen LogP contribution in [0.1, 0.15) is 0 Å². The summed E-state index contributed by atoms with van der Waals surface area (Å²) in [5.74, 6) is 1.85. The number of para-hydroxylation sites is 2. The lowest BCUT2D eigenvalue weighted by molar-refractivity contribution is 1.07. The second-order valence-electron chi connectivity index (χ2n) is 3.69. The summed E-state index contributed by atoms with van der Waals surface area (Å²) in [4.78, 5) is 12.9. The van der Waals surface area contributed by atoms with Crippen molar-refractivity contribution in [2.75, 3.05) is 11.9 Å². The monoisotopic (exact) mass is 212 g/mol. The van der Waals surface area contributed by atoms with Crippen LogP contribution in [0.2, 0.25) is 0 Å². The molecule has 0 bridgehead atoms. The van der Waals surface area contributed by atoms with Crippen LogP contribution in [-0.4, -0.2) is 22.0 Å². The van der Waals surface area contributed by atoms with Crippen LogP contribution in [0.15, 0.2) is 42.6 Å². The Morgan fingerprint density at radius 2 is 2.00 bits per heavy atom. The molecule has 0 spiro atoms. The molecule has 3 rings (SSSR count). The molecule has 80 valence electrons. The topological polar surface area (TPSA) is 47.7 Å². The average molecular weight is 212 g/mol. The summed E-state index contributed by atoms with van der Waals surface area (Å²) in [6, 6.07) is 12.0. The Balaban J connectivity index is 2.06. The number of fused-ring (bicyclic) bond motifs is 1. The van der Waals surface area contributed by atoms with Crippen LogP contribution in [0.5, 0.6) is 0 Å². The second kappa shape index (κ2) is 3.41. The molecule has 2 heterocycles. The van der Waals surface area contributed by atoms with Gasteiger partial charge in [0, 0.05) is 13.2 Å². The molecule has 16 heavy (non-hydrogen) atoms. The maximum Gasteiger partial charge on any atom is 0.209 e. The van der Waals surface area contributed by atoms with Crippen molar-refractivity contribution in [3.63, 3.8) is 0 Å². The molecule has 0 aliphatic heterocycles. The van der Waals surface area contributed by atoms with Crippen molar-refractivity contribution in [3.8, 4) is 0 Å². The molecule has 0 radical (unpaired) electrons. The van der Waals surface area contributed by atoms with E-state index in [-0.39, 0.29) is 0 Å². The highest BCUT2D eigenvalue weighted by Gasteiger charge is 2.08. The molecule has 0 atom stereocenters. The summed E-state index contributed by atoms with van der Waals surface area (Å²) in [5, 5.41) is 0. The van der Waals surface area contributed by atoms with E-state index >= 15 is 0 Å². The molecule has 0 aliphatic rings. The van der Waals surface area contributed by atoms with Gasteiger partial charge in [-0.2, -0.15) is 0 Å². The molecular formula is C12H12N4. The number of H-pyrrole nitrogens is 2. The molecular weight excluding hydrogens is 200 g/mol. The number of nitrogens with zero attached hydrogens (tertiary/aromatic N) is 2. The maximum atomic E-state index is 4.52. The molecule has 3 aromatic rings. The highest BCUT2D eigenvalue weighted by atomic mass is 15.3. The Hall–Kier alpha value is -2.23. The third kappa shape index (κ3) is 1.35. The van der Waals surface area contributed by atoms with Gasteiger partial charge in [0.05, 0.1) is 11.0 Å². The first-order valence-electron chi connectivity index (χ1n) is 5.16. The third-order valence-corrected chi connectivity index (χ3v) is 2.64. The minimum atomic E-state index is 0.837. The lowest BCUT2D eigenvalue weighted by Crippen LogP contribution is -2.11. The summed E-state index contributed by atoms with van der Waals surface area (Å²) in [7, 11) is 1.98. The summed E-state index contributed by atoms with van der Waals surface area (Å²) in [6.07, 6.45) is 1.90. The fraction of sp³-hybridized carbons (Fsp3) is 0.0833. The first-order chi connectivity index (χ1) is 7.84. The van der Waals surface area contributed by atoms with Gasteiger partial charge in [0.2, 0.25) is 5.95 Å². The Morgan fingerprint density at radius 1 is 1.12 bits per heavy atom. The lowest BCUT2D eigenvalue weighted by Gasteiger charge is -2.12. The van der Waals surface area contributed by atoms with Gasteiger partial charge in [0.25, 0.3) is 0 Å². The van der Waals surface area contributed by atoms with Gasteiger partial charge < -0.3 is 14.9 Å². The van der Waals surface area contributed by atoms with Crippen molar-refractivity contribution >= 4 is 22.8 Å². The molecule has 0 aliphatic carbocycles. The van der Waals surface area contributed by atoms with Crippen molar-refractivity contribution in [1.82, 2.24) is 15.0 Å². The van der Waals surface area contributed by atoms with Crippen LogP contribution in [-0.2, 0) is 0 Å². The van der Waals surface area contributed by atoms with E-state index in [4.69, 9.17) is 0 Å². The van der Waals surface area contributed by atoms with Crippen LogP contribution in [0.25, 0.3) is 11.0 Å². The molecule has 0 amide bonds. The molecule has 2 aromatic heterocycles. The van der Waals surface area contributed by atoms with Gasteiger partial charge >= 0.3 is 0 Å². The quantitative estimate of drug-likeness (QED) is 0.686. The smallest absolute Gasteiger partial charge is 0.209 e. The number of imidazole rings is 1. The van der Waals surface area contributed by atoms with Crippen LogP contribution >= 0.6 is 0 Å². The van der Waals surface area contributed by atoms with Gasteiger partial charge in [-0.3, -0.25) is 0 Å². The van der Waals surface area contributed by atoms with E-state index in [2.05, 4.69) is 15.0 Å². The first kappa shape index (κ1) is 9.03. The van der Waals surface area contributed by atoms with Gasteiger partial charge in [0.1, 0.15) is 5.82 Å². The fourth-order valence-electron chi connectivity index (χ4n) is 1.74. The Morgan fingerprint density at radius 3 is 2.75 bits per heavy atom. The van der Waals surface area contributed by atoms with E-state index in [1.165, 1.54) is 0 Å². The number of hydrogen-bond acceptors (Lipinski definition) is 2. The van der Waals surface area contributed by atoms with Crippen molar-refractivity contribution in [3.05, 3.63) is 42.6 Å². The molecule has 0 fully saturated rings. The largest absolute Gasteiger partial charge is 0.348 e.